The van der Waals surface area contributed by atoms with E-state index < -0.39 is 11.6 Å². The Morgan fingerprint density at radius 1 is 1.12 bits per heavy atom. The standard InChI is InChI=1S/C26H23F2N4O2/c1-30-25(17-11-18(27)13-19(28)12-17)21-14-20-5-2-6-23(24(21)29-30)32(20)26(33)16-7-8-22-15(10-16)4-3-9-31(22)34/h3-4,7-13,20,23,34H,2,5-6,14H2,1H3/q+1. The Kier molecular flexibility index (Phi) is 4.65. The SMILES string of the molecule is Cn1nc2c(c1-c1cc(F)cc(F)c1)CC1CCCC2N1C(=O)c1ccc2c(ccc[n+]2O)c1. The number of piperidine rings is 1. The van der Waals surface area contributed by atoms with E-state index in [1.165, 1.54) is 12.1 Å². The zero-order valence-electron chi connectivity index (χ0n) is 18.6. The van der Waals surface area contributed by atoms with Crippen molar-refractivity contribution in [3.05, 3.63) is 83.2 Å². The monoisotopic (exact) mass is 461 g/mol. The number of aryl methyl sites for hydroxylation is 1. The Hall–Kier alpha value is -3.81. The largest absolute Gasteiger partial charge is 0.327 e. The summed E-state index contributed by atoms with van der Waals surface area (Å²) in [5.74, 6) is -1.32. The first-order valence-electron chi connectivity index (χ1n) is 11.4. The van der Waals surface area contributed by atoms with Gasteiger partial charge in [0.1, 0.15) is 11.6 Å². The number of hydrogen-bond acceptors (Lipinski definition) is 3. The van der Waals surface area contributed by atoms with E-state index in [0.717, 1.165) is 46.7 Å². The van der Waals surface area contributed by atoms with E-state index in [-0.39, 0.29) is 18.0 Å². The Morgan fingerprint density at radius 3 is 2.71 bits per heavy atom. The number of nitrogens with zero attached hydrogens (tertiary/aromatic N) is 4. The van der Waals surface area contributed by atoms with Crippen LogP contribution in [0.1, 0.15) is 46.9 Å². The predicted octanol–water partition coefficient (Wildman–Crippen LogP) is 4.34. The summed E-state index contributed by atoms with van der Waals surface area (Å²) >= 11 is 0. The van der Waals surface area contributed by atoms with Crippen LogP contribution in [0.15, 0.2) is 54.7 Å². The van der Waals surface area contributed by atoms with Gasteiger partial charge in [0.2, 0.25) is 6.20 Å². The molecular weight excluding hydrogens is 438 g/mol. The van der Waals surface area contributed by atoms with E-state index >= 15 is 0 Å². The molecule has 0 spiro atoms. The van der Waals surface area contributed by atoms with E-state index in [1.807, 2.05) is 11.0 Å². The van der Waals surface area contributed by atoms with Gasteiger partial charge >= 0.3 is 0 Å². The van der Waals surface area contributed by atoms with E-state index in [0.29, 0.717) is 28.8 Å². The van der Waals surface area contributed by atoms with Gasteiger partial charge in [-0.15, -0.1) is 0 Å². The summed E-state index contributed by atoms with van der Waals surface area (Å²) in [7, 11) is 1.78. The molecule has 0 aliphatic carbocycles. The molecule has 2 bridgehead atoms. The second kappa shape index (κ2) is 7.62. The fraction of sp³-hybridized carbons (Fsp3) is 0.269. The lowest BCUT2D eigenvalue weighted by atomic mass is 9.81. The zero-order chi connectivity index (χ0) is 23.6. The molecule has 6 rings (SSSR count). The molecule has 1 amide bonds. The van der Waals surface area contributed by atoms with Crippen LogP contribution in [0, 0.1) is 11.6 Å². The van der Waals surface area contributed by atoms with Gasteiger partial charge in [-0.05, 0) is 56.0 Å². The van der Waals surface area contributed by atoms with Crippen LogP contribution >= 0.6 is 0 Å². The third kappa shape index (κ3) is 3.16. The van der Waals surface area contributed by atoms with Crippen LogP contribution in [-0.4, -0.2) is 31.8 Å². The van der Waals surface area contributed by atoms with Gasteiger partial charge in [-0.2, -0.15) is 5.10 Å². The number of aromatic nitrogens is 3. The lowest BCUT2D eigenvalue weighted by molar-refractivity contribution is -0.884. The van der Waals surface area contributed by atoms with Crippen LogP contribution in [0.5, 0.6) is 0 Å². The highest BCUT2D eigenvalue weighted by molar-refractivity contribution is 5.98. The van der Waals surface area contributed by atoms with Crippen LogP contribution < -0.4 is 4.73 Å². The van der Waals surface area contributed by atoms with E-state index in [2.05, 4.69) is 0 Å². The maximum Gasteiger partial charge on any atom is 0.264 e. The van der Waals surface area contributed by atoms with Crippen LogP contribution in [0.3, 0.4) is 0 Å². The highest BCUT2D eigenvalue weighted by Crippen LogP contribution is 2.45. The minimum Gasteiger partial charge on any atom is -0.327 e. The number of carbonyl (C=O) groups is 1. The third-order valence-electron chi connectivity index (χ3n) is 7.07. The Morgan fingerprint density at radius 2 is 1.91 bits per heavy atom. The Balaban J connectivity index is 1.42. The molecule has 2 aliphatic heterocycles. The number of carbonyl (C=O) groups excluding carboxylic acids is 1. The molecule has 172 valence electrons. The van der Waals surface area contributed by atoms with Gasteiger partial charge in [-0.3, -0.25) is 14.7 Å². The zero-order valence-corrected chi connectivity index (χ0v) is 18.6. The lowest BCUT2D eigenvalue weighted by Crippen LogP contribution is -2.49. The molecule has 2 atom stereocenters. The van der Waals surface area contributed by atoms with Crippen molar-refractivity contribution in [1.29, 1.82) is 0 Å². The van der Waals surface area contributed by atoms with Gasteiger partial charge in [0.05, 0.1) is 22.8 Å². The summed E-state index contributed by atoms with van der Waals surface area (Å²) in [4.78, 5) is 15.7. The Labute approximate surface area is 194 Å². The molecule has 2 aliphatic rings. The molecular formula is C26H23F2N4O2+. The van der Waals surface area contributed by atoms with Gasteiger partial charge in [-0.25, -0.2) is 8.78 Å². The van der Waals surface area contributed by atoms with Gasteiger partial charge < -0.3 is 4.90 Å². The summed E-state index contributed by atoms with van der Waals surface area (Å²) in [6.07, 6.45) is 4.76. The molecule has 1 N–H and O–H groups in total. The van der Waals surface area contributed by atoms with Crippen molar-refractivity contribution in [1.82, 2.24) is 14.7 Å². The van der Waals surface area contributed by atoms with Gasteiger partial charge in [-0.1, -0.05) is 0 Å². The molecule has 6 nitrogen and oxygen atoms in total. The first-order valence-corrected chi connectivity index (χ1v) is 11.4. The topological polar surface area (TPSA) is 62.2 Å². The van der Waals surface area contributed by atoms with E-state index in [4.69, 9.17) is 5.10 Å². The molecule has 0 radical (unpaired) electrons. The number of benzene rings is 2. The van der Waals surface area contributed by atoms with Crippen molar-refractivity contribution >= 4 is 16.8 Å². The molecule has 2 unspecified atom stereocenters. The molecule has 0 saturated carbocycles. The maximum absolute atomic E-state index is 14.0. The van der Waals surface area contributed by atoms with Crippen LogP contribution in [0.4, 0.5) is 8.78 Å². The summed E-state index contributed by atoms with van der Waals surface area (Å²) < 4.78 is 30.6. The smallest absolute Gasteiger partial charge is 0.264 e. The molecule has 1 fully saturated rings. The fourth-order valence-corrected chi connectivity index (χ4v) is 5.69. The minimum atomic E-state index is -0.627. The van der Waals surface area contributed by atoms with E-state index in [1.54, 1.807) is 42.2 Å². The van der Waals surface area contributed by atoms with Crippen LogP contribution in [0.25, 0.3) is 22.2 Å². The molecule has 34 heavy (non-hydrogen) atoms. The second-order valence-corrected chi connectivity index (χ2v) is 9.14. The number of halogens is 2. The first-order chi connectivity index (χ1) is 16.4. The summed E-state index contributed by atoms with van der Waals surface area (Å²) in [6, 6.07) is 12.2. The number of hydrogen-bond donors (Lipinski definition) is 1. The molecule has 1 saturated heterocycles. The van der Waals surface area contributed by atoms with Crippen molar-refractivity contribution in [2.24, 2.45) is 7.05 Å². The number of rotatable bonds is 2. The van der Waals surface area contributed by atoms with Gasteiger partial charge in [0.25, 0.3) is 11.4 Å². The van der Waals surface area contributed by atoms with Crippen LogP contribution in [0.2, 0.25) is 0 Å². The summed E-state index contributed by atoms with van der Waals surface area (Å²) in [6.45, 7) is 0. The van der Waals surface area contributed by atoms with E-state index in [9.17, 15) is 18.8 Å². The van der Waals surface area contributed by atoms with Crippen molar-refractivity contribution < 1.29 is 23.5 Å². The fourth-order valence-electron chi connectivity index (χ4n) is 5.69. The van der Waals surface area contributed by atoms with Crippen molar-refractivity contribution in [2.45, 2.75) is 37.8 Å². The predicted molar refractivity (Wildman–Crippen MR) is 120 cm³/mol. The molecule has 2 aromatic carbocycles. The summed E-state index contributed by atoms with van der Waals surface area (Å²) in [5, 5.41) is 15.5. The second-order valence-electron chi connectivity index (χ2n) is 9.14. The maximum atomic E-state index is 14.0. The number of pyridine rings is 1. The molecule has 4 heterocycles. The number of amides is 1. The van der Waals surface area contributed by atoms with Crippen molar-refractivity contribution in [2.75, 3.05) is 0 Å². The molecule has 4 aromatic rings. The van der Waals surface area contributed by atoms with Crippen molar-refractivity contribution in [3.63, 3.8) is 0 Å². The third-order valence-corrected chi connectivity index (χ3v) is 7.07. The average molecular weight is 461 g/mol. The normalized spacial score (nSPS) is 19.3. The molecule has 8 heteroatoms. The highest BCUT2D eigenvalue weighted by atomic mass is 19.1. The minimum absolute atomic E-state index is 0.0191. The van der Waals surface area contributed by atoms with Crippen molar-refractivity contribution in [3.8, 4) is 11.3 Å². The quantitative estimate of drug-likeness (QED) is 0.357. The Bertz CT molecular complexity index is 1440. The highest BCUT2D eigenvalue weighted by Gasteiger charge is 2.43. The number of fused-ring (bicyclic) bond motifs is 5. The van der Waals surface area contributed by atoms with Gasteiger partial charge in [0.15, 0.2) is 0 Å². The molecule has 2 aromatic heterocycles. The first kappa shape index (κ1) is 20.8. The van der Waals surface area contributed by atoms with Crippen LogP contribution in [-0.2, 0) is 13.5 Å². The lowest BCUT2D eigenvalue weighted by Gasteiger charge is -2.45. The average Bonchev–Trinajstić information content (AvgIpc) is 3.13. The van der Waals surface area contributed by atoms with Gasteiger partial charge in [0, 0.05) is 52.7 Å². The summed E-state index contributed by atoms with van der Waals surface area (Å²) in [5.41, 5.74) is 4.11.